The molecule has 202 valence electrons. The van der Waals surface area contributed by atoms with Gasteiger partial charge >= 0.3 is 5.69 Å². The summed E-state index contributed by atoms with van der Waals surface area (Å²) in [5.74, 6) is 0.668. The minimum absolute atomic E-state index is 0.0127. The number of anilines is 1. The number of imidazole rings is 1. The van der Waals surface area contributed by atoms with Crippen LogP contribution in [0.25, 0.3) is 16.8 Å². The molecule has 1 aromatic heterocycles. The van der Waals surface area contributed by atoms with E-state index >= 15 is 4.39 Å². The van der Waals surface area contributed by atoms with Crippen LogP contribution in [-0.2, 0) is 13.6 Å². The van der Waals surface area contributed by atoms with E-state index in [4.69, 9.17) is 4.74 Å². The second kappa shape index (κ2) is 8.74. The van der Waals surface area contributed by atoms with Gasteiger partial charge in [-0.1, -0.05) is 6.08 Å². The number of likely N-dealkylation sites (N-methyl/N-ethyl adjacent to an activating group) is 1. The van der Waals surface area contributed by atoms with Crippen molar-refractivity contribution in [2.75, 3.05) is 46.2 Å². The Morgan fingerprint density at radius 3 is 2.55 bits per heavy atom. The van der Waals surface area contributed by atoms with E-state index in [9.17, 15) is 4.79 Å². The average Bonchev–Trinajstić information content (AvgIpc) is 3.72. The van der Waals surface area contributed by atoms with E-state index in [0.29, 0.717) is 42.1 Å². The molecule has 9 heteroatoms. The molecule has 5 aliphatic rings. The number of nitrogens with zero attached hydrogens (tertiary/aromatic N) is 5. The van der Waals surface area contributed by atoms with Crippen LogP contribution < -0.4 is 15.7 Å². The standard InChI is InChI=1S/C29H37FN6O2/c1-32(2)19-9-11-35(12-10-19)24-8-7-18(15-33(24)3)25-20(30)13-21-26-27-22(14-31-21)34(4)29(37)36(27)23(17-5-6-17)16-38-28(25)26/h7-8,13,15,17,19,23-24,31H,5-6,9-12,14,16H2,1-4H3. The zero-order valence-corrected chi connectivity index (χ0v) is 22.7. The van der Waals surface area contributed by atoms with E-state index in [1.165, 1.54) is 0 Å². The zero-order valence-electron chi connectivity index (χ0n) is 22.7. The molecule has 1 aromatic carbocycles. The summed E-state index contributed by atoms with van der Waals surface area (Å²) >= 11 is 0. The number of hydrogen-bond acceptors (Lipinski definition) is 6. The van der Waals surface area contributed by atoms with Crippen LogP contribution >= 0.6 is 0 Å². The monoisotopic (exact) mass is 520 g/mol. The highest BCUT2D eigenvalue weighted by Gasteiger charge is 2.42. The maximum atomic E-state index is 15.9. The summed E-state index contributed by atoms with van der Waals surface area (Å²) in [6, 6.07) is 2.18. The number of aromatic nitrogens is 2. The Hall–Kier alpha value is -3.04. The maximum absolute atomic E-state index is 15.9. The third-order valence-electron chi connectivity index (χ3n) is 9.32. The summed E-state index contributed by atoms with van der Waals surface area (Å²) in [6.45, 7) is 2.94. The molecule has 7 rings (SSSR count). The van der Waals surface area contributed by atoms with Crippen molar-refractivity contribution < 1.29 is 9.13 Å². The molecule has 2 atom stereocenters. The van der Waals surface area contributed by atoms with Crippen molar-refractivity contribution in [3.8, 4) is 17.0 Å². The minimum Gasteiger partial charge on any atom is -0.490 e. The van der Waals surface area contributed by atoms with E-state index in [-0.39, 0.29) is 23.7 Å². The van der Waals surface area contributed by atoms with Gasteiger partial charge in [-0.2, -0.15) is 0 Å². The summed E-state index contributed by atoms with van der Waals surface area (Å²) in [5, 5.41) is 3.35. The molecule has 2 aromatic rings. The second-order valence-electron chi connectivity index (χ2n) is 11.8. The van der Waals surface area contributed by atoms with Crippen LogP contribution in [0.4, 0.5) is 10.1 Å². The molecule has 1 aliphatic carbocycles. The third-order valence-corrected chi connectivity index (χ3v) is 9.32. The van der Waals surface area contributed by atoms with E-state index in [1.807, 2.05) is 23.9 Å². The molecule has 1 saturated heterocycles. The van der Waals surface area contributed by atoms with Crippen molar-refractivity contribution in [2.24, 2.45) is 13.0 Å². The molecule has 4 aliphatic heterocycles. The smallest absolute Gasteiger partial charge is 0.329 e. The number of piperidine rings is 1. The van der Waals surface area contributed by atoms with Gasteiger partial charge in [-0.05, 0) is 57.8 Å². The molecule has 2 fully saturated rings. The summed E-state index contributed by atoms with van der Waals surface area (Å²) < 4.78 is 26.1. The zero-order chi connectivity index (χ0) is 26.3. The van der Waals surface area contributed by atoms with Gasteiger partial charge in [-0.25, -0.2) is 9.18 Å². The number of allylic oxidation sites excluding steroid dienone is 2. The van der Waals surface area contributed by atoms with E-state index in [0.717, 1.165) is 61.3 Å². The van der Waals surface area contributed by atoms with Crippen LogP contribution in [0.3, 0.4) is 0 Å². The van der Waals surface area contributed by atoms with Crippen LogP contribution in [0.5, 0.6) is 5.75 Å². The van der Waals surface area contributed by atoms with Crippen molar-refractivity contribution in [3.05, 3.63) is 52.0 Å². The van der Waals surface area contributed by atoms with Gasteiger partial charge in [0.25, 0.3) is 0 Å². The van der Waals surface area contributed by atoms with E-state index in [1.54, 1.807) is 10.6 Å². The minimum atomic E-state index is -0.307. The number of ether oxygens (including phenoxy) is 1. The lowest BCUT2D eigenvalue weighted by molar-refractivity contribution is 0.0736. The highest BCUT2D eigenvalue weighted by Crippen LogP contribution is 2.52. The van der Waals surface area contributed by atoms with Crippen LogP contribution in [0, 0.1) is 11.7 Å². The number of hydrogen-bond donors (Lipinski definition) is 1. The number of benzene rings is 1. The molecule has 0 amide bonds. The van der Waals surface area contributed by atoms with Crippen LogP contribution in [-0.4, -0.2) is 76.9 Å². The van der Waals surface area contributed by atoms with Gasteiger partial charge in [0.15, 0.2) is 0 Å². The first-order valence-corrected chi connectivity index (χ1v) is 13.9. The first kappa shape index (κ1) is 24.0. The van der Waals surface area contributed by atoms with Crippen molar-refractivity contribution >= 4 is 11.3 Å². The molecule has 1 saturated carbocycles. The Balaban J connectivity index is 1.27. The van der Waals surface area contributed by atoms with Gasteiger partial charge in [-0.3, -0.25) is 14.0 Å². The van der Waals surface area contributed by atoms with Gasteiger partial charge < -0.3 is 19.9 Å². The molecule has 8 nitrogen and oxygen atoms in total. The van der Waals surface area contributed by atoms with Crippen molar-refractivity contribution in [1.82, 2.24) is 23.8 Å². The Morgan fingerprint density at radius 2 is 1.87 bits per heavy atom. The van der Waals surface area contributed by atoms with Crippen LogP contribution in [0.1, 0.15) is 43.0 Å². The summed E-state index contributed by atoms with van der Waals surface area (Å²) in [6.07, 6.45) is 10.9. The summed E-state index contributed by atoms with van der Waals surface area (Å²) in [5.41, 5.74) is 4.60. The lowest BCUT2D eigenvalue weighted by Gasteiger charge is -2.42. The Bertz CT molecular complexity index is 1410. The molecule has 0 bridgehead atoms. The fraction of sp³-hybridized carbons (Fsp3) is 0.552. The topological polar surface area (TPSA) is 57.9 Å². The van der Waals surface area contributed by atoms with Gasteiger partial charge in [-0.15, -0.1) is 0 Å². The number of rotatable bonds is 4. The first-order chi connectivity index (χ1) is 18.3. The normalized spacial score (nSPS) is 25.1. The van der Waals surface area contributed by atoms with Gasteiger partial charge in [0.05, 0.1) is 40.8 Å². The molecule has 0 spiro atoms. The maximum Gasteiger partial charge on any atom is 0.329 e. The summed E-state index contributed by atoms with van der Waals surface area (Å²) in [7, 11) is 8.22. The lowest BCUT2D eigenvalue weighted by atomic mass is 9.93. The van der Waals surface area contributed by atoms with Gasteiger partial charge in [0.2, 0.25) is 0 Å². The quantitative estimate of drug-likeness (QED) is 0.667. The van der Waals surface area contributed by atoms with Crippen molar-refractivity contribution in [2.45, 2.75) is 50.5 Å². The highest BCUT2D eigenvalue weighted by molar-refractivity contribution is 5.93. The Kier molecular flexibility index (Phi) is 5.53. The first-order valence-electron chi connectivity index (χ1n) is 13.9. The molecule has 38 heavy (non-hydrogen) atoms. The van der Waals surface area contributed by atoms with Crippen molar-refractivity contribution in [1.29, 1.82) is 0 Å². The summed E-state index contributed by atoms with van der Waals surface area (Å²) in [4.78, 5) is 20.4. The van der Waals surface area contributed by atoms with Crippen LogP contribution in [0.15, 0.2) is 29.2 Å². The van der Waals surface area contributed by atoms with E-state index in [2.05, 4.69) is 47.2 Å². The fourth-order valence-electron chi connectivity index (χ4n) is 6.97. The van der Waals surface area contributed by atoms with Crippen molar-refractivity contribution in [3.63, 3.8) is 0 Å². The number of nitrogens with one attached hydrogen (secondary N) is 1. The third kappa shape index (κ3) is 3.58. The van der Waals surface area contributed by atoms with Gasteiger partial charge in [0.1, 0.15) is 24.3 Å². The highest BCUT2D eigenvalue weighted by atomic mass is 19.1. The fourth-order valence-corrected chi connectivity index (χ4v) is 6.97. The number of likely N-dealkylation sites (tertiary alicyclic amines) is 1. The Morgan fingerprint density at radius 1 is 1.11 bits per heavy atom. The molecular weight excluding hydrogens is 483 g/mol. The predicted molar refractivity (Wildman–Crippen MR) is 147 cm³/mol. The molecule has 2 unspecified atom stereocenters. The van der Waals surface area contributed by atoms with E-state index < -0.39 is 0 Å². The second-order valence-corrected chi connectivity index (χ2v) is 11.8. The van der Waals surface area contributed by atoms with Gasteiger partial charge in [0, 0.05) is 45.0 Å². The largest absolute Gasteiger partial charge is 0.490 e. The predicted octanol–water partition coefficient (Wildman–Crippen LogP) is 3.46. The average molecular weight is 521 g/mol. The molecule has 5 heterocycles. The number of halogens is 1. The van der Waals surface area contributed by atoms with Crippen LogP contribution in [0.2, 0.25) is 0 Å². The molecule has 1 N–H and O–H groups in total. The molecular formula is C29H37FN6O2. The lowest BCUT2D eigenvalue weighted by Crippen LogP contribution is -2.50. The Labute approximate surface area is 222 Å². The SMILES string of the molecule is CN(C)C1CCN(C2C=CC(c3c(F)cc4c5c3OCC(C3CC3)n3c-5c(n(C)c3=O)CN4)=CN2C)CC1. The molecule has 0 radical (unpaired) electrons.